The first-order chi connectivity index (χ1) is 21.7. The van der Waals surface area contributed by atoms with Gasteiger partial charge in [-0.05, 0) is 103 Å². The van der Waals surface area contributed by atoms with Crippen LogP contribution in [0.3, 0.4) is 0 Å². The van der Waals surface area contributed by atoms with Gasteiger partial charge in [0.15, 0.2) is 0 Å². The molecule has 3 amide bonds. The van der Waals surface area contributed by atoms with Crippen LogP contribution in [0.1, 0.15) is 89.8 Å². The number of ether oxygens (including phenoxy) is 1. The van der Waals surface area contributed by atoms with Crippen molar-refractivity contribution in [1.82, 2.24) is 25.3 Å². The number of anilines is 1. The maximum absolute atomic E-state index is 13.7. The van der Waals surface area contributed by atoms with E-state index in [1.165, 1.54) is 17.4 Å². The van der Waals surface area contributed by atoms with E-state index in [1.54, 1.807) is 57.4 Å². The van der Waals surface area contributed by atoms with Gasteiger partial charge in [0.25, 0.3) is 0 Å². The van der Waals surface area contributed by atoms with Gasteiger partial charge in [-0.2, -0.15) is 0 Å². The van der Waals surface area contributed by atoms with Crippen molar-refractivity contribution in [3.8, 4) is 10.4 Å². The van der Waals surface area contributed by atoms with Crippen LogP contribution in [0.15, 0.2) is 53.7 Å². The summed E-state index contributed by atoms with van der Waals surface area (Å²) in [4.78, 5) is 34.9. The summed E-state index contributed by atoms with van der Waals surface area (Å²) in [5, 5.41) is 9.32. The molecule has 5 rings (SSSR count). The molecule has 2 fully saturated rings. The maximum Gasteiger partial charge on any atom is 0.407 e. The molecule has 3 aromatic rings. The lowest BCUT2D eigenvalue weighted by Gasteiger charge is -2.47. The Morgan fingerprint density at radius 1 is 1.11 bits per heavy atom. The lowest BCUT2D eigenvalue weighted by molar-refractivity contribution is -0.0650. The Hall–Kier alpha value is -3.55. The summed E-state index contributed by atoms with van der Waals surface area (Å²) in [6, 6.07) is 9.88. The molecule has 2 heterocycles. The van der Waals surface area contributed by atoms with Gasteiger partial charge in [0.1, 0.15) is 5.60 Å². The number of pyridine rings is 1. The van der Waals surface area contributed by atoms with Crippen molar-refractivity contribution in [3.05, 3.63) is 59.5 Å². The standard InChI is InChI=1S/C33H44N6O5S2/c1-21(2)37-31(41)44-33-14-8-9-22(18-33)25(13-15-33)29-35-20-27(45-29)26-12-11-23(17-28(26)46(42,43)39-32(3,4)5)38-30(40)36-19-24-10-6-7-16-34-24/h6-7,10-12,16-17,20-22,25,39H,8-9,13-15,18-19H2,1-5H3,(H,37,41)(H2,36,38,40). The molecular formula is C33H44N6O5S2. The molecule has 0 spiro atoms. The molecular weight excluding hydrogens is 625 g/mol. The van der Waals surface area contributed by atoms with Gasteiger partial charge in [-0.1, -0.05) is 12.1 Å². The van der Waals surface area contributed by atoms with Gasteiger partial charge in [-0.3, -0.25) is 4.98 Å². The molecule has 2 aliphatic carbocycles. The first-order valence-corrected chi connectivity index (χ1v) is 18.1. The second-order valence-electron chi connectivity index (χ2n) is 13.6. The third kappa shape index (κ3) is 8.42. The number of carbonyl (C=O) groups excluding carboxylic acids is 2. The Morgan fingerprint density at radius 3 is 2.63 bits per heavy atom. The van der Waals surface area contributed by atoms with E-state index in [0.29, 0.717) is 22.9 Å². The third-order valence-corrected chi connectivity index (χ3v) is 11.2. The molecule has 3 unspecified atom stereocenters. The molecule has 248 valence electrons. The summed E-state index contributed by atoms with van der Waals surface area (Å²) in [6.45, 7) is 9.41. The highest BCUT2D eigenvalue weighted by atomic mass is 32.2. The Morgan fingerprint density at radius 2 is 1.91 bits per heavy atom. The number of hydrogen-bond donors (Lipinski definition) is 4. The number of benzene rings is 1. The molecule has 3 atom stereocenters. The van der Waals surface area contributed by atoms with E-state index in [9.17, 15) is 18.0 Å². The lowest BCUT2D eigenvalue weighted by Crippen LogP contribution is -2.47. The van der Waals surface area contributed by atoms with E-state index in [-0.39, 0.29) is 29.5 Å². The van der Waals surface area contributed by atoms with Crippen LogP contribution in [0, 0.1) is 5.92 Å². The predicted octanol–water partition coefficient (Wildman–Crippen LogP) is 6.54. The molecule has 0 saturated heterocycles. The molecule has 2 aromatic heterocycles. The zero-order valence-corrected chi connectivity index (χ0v) is 28.7. The number of amides is 3. The fourth-order valence-electron chi connectivity index (χ4n) is 6.44. The van der Waals surface area contributed by atoms with Crippen LogP contribution in [0.2, 0.25) is 0 Å². The fourth-order valence-corrected chi connectivity index (χ4v) is 9.36. The highest BCUT2D eigenvalue weighted by Crippen LogP contribution is 2.52. The van der Waals surface area contributed by atoms with Gasteiger partial charge in [0.05, 0.1) is 27.0 Å². The van der Waals surface area contributed by atoms with E-state index < -0.39 is 27.2 Å². The Bertz CT molecular complexity index is 1650. The number of nitrogens with one attached hydrogen (secondary N) is 4. The van der Waals surface area contributed by atoms with Crippen molar-refractivity contribution in [2.75, 3.05) is 5.32 Å². The normalized spacial score (nSPS) is 21.4. The minimum atomic E-state index is -3.98. The number of sulfonamides is 1. The molecule has 0 radical (unpaired) electrons. The second-order valence-corrected chi connectivity index (χ2v) is 16.3. The van der Waals surface area contributed by atoms with Crippen molar-refractivity contribution in [1.29, 1.82) is 0 Å². The van der Waals surface area contributed by atoms with E-state index in [1.807, 2.05) is 19.9 Å². The molecule has 13 heteroatoms. The first-order valence-electron chi connectivity index (χ1n) is 15.8. The quantitative estimate of drug-likeness (QED) is 0.202. The Balaban J connectivity index is 1.37. The smallest absolute Gasteiger partial charge is 0.407 e. The lowest BCUT2D eigenvalue weighted by atomic mass is 9.64. The minimum absolute atomic E-state index is 0.0138. The van der Waals surface area contributed by atoms with Crippen LogP contribution < -0.4 is 20.7 Å². The summed E-state index contributed by atoms with van der Waals surface area (Å²) in [5.74, 6) is 0.538. The molecule has 0 aliphatic heterocycles. The van der Waals surface area contributed by atoms with E-state index in [2.05, 4.69) is 25.7 Å². The topological polar surface area (TPSA) is 151 Å². The van der Waals surface area contributed by atoms with Crippen LogP contribution in [0.4, 0.5) is 15.3 Å². The molecule has 46 heavy (non-hydrogen) atoms. The van der Waals surface area contributed by atoms with Crippen LogP contribution in [0.5, 0.6) is 0 Å². The number of urea groups is 1. The van der Waals surface area contributed by atoms with Crippen molar-refractivity contribution < 1.29 is 22.7 Å². The summed E-state index contributed by atoms with van der Waals surface area (Å²) in [5.41, 5.74) is 0.400. The highest BCUT2D eigenvalue weighted by Gasteiger charge is 2.47. The number of thiazole rings is 1. The number of fused-ring (bicyclic) bond motifs is 2. The van der Waals surface area contributed by atoms with Crippen LogP contribution in [0.25, 0.3) is 10.4 Å². The van der Waals surface area contributed by atoms with E-state index >= 15 is 0 Å². The van der Waals surface area contributed by atoms with Gasteiger partial charge in [-0.25, -0.2) is 27.7 Å². The minimum Gasteiger partial charge on any atom is -0.443 e. The zero-order chi connectivity index (χ0) is 33.1. The monoisotopic (exact) mass is 668 g/mol. The van der Waals surface area contributed by atoms with Gasteiger partial charge in [0, 0.05) is 41.1 Å². The van der Waals surface area contributed by atoms with Crippen molar-refractivity contribution in [3.63, 3.8) is 0 Å². The average molecular weight is 669 g/mol. The average Bonchev–Trinajstić information content (AvgIpc) is 3.45. The molecule has 11 nitrogen and oxygen atoms in total. The van der Waals surface area contributed by atoms with Crippen molar-refractivity contribution in [2.24, 2.45) is 5.92 Å². The highest BCUT2D eigenvalue weighted by molar-refractivity contribution is 7.89. The van der Waals surface area contributed by atoms with Gasteiger partial charge >= 0.3 is 12.1 Å². The van der Waals surface area contributed by atoms with Crippen molar-refractivity contribution in [2.45, 2.75) is 108 Å². The third-order valence-electron chi connectivity index (χ3n) is 8.27. The second kappa shape index (κ2) is 13.7. The number of aromatic nitrogens is 2. The summed E-state index contributed by atoms with van der Waals surface area (Å²) in [6.07, 6.45) is 8.35. The molecule has 2 aliphatic rings. The fraction of sp³-hybridized carbons (Fsp3) is 0.515. The predicted molar refractivity (Wildman–Crippen MR) is 179 cm³/mol. The molecule has 2 bridgehead atoms. The van der Waals surface area contributed by atoms with Crippen LogP contribution in [-0.2, 0) is 21.3 Å². The number of rotatable bonds is 9. The van der Waals surface area contributed by atoms with Crippen LogP contribution >= 0.6 is 11.3 Å². The zero-order valence-electron chi connectivity index (χ0n) is 27.1. The Labute approximate surface area is 275 Å². The van der Waals surface area contributed by atoms with Crippen molar-refractivity contribution >= 4 is 39.2 Å². The summed E-state index contributed by atoms with van der Waals surface area (Å²) in [7, 11) is -3.98. The first kappa shape index (κ1) is 33.8. The van der Waals surface area contributed by atoms with Gasteiger partial charge in [0.2, 0.25) is 10.0 Å². The summed E-state index contributed by atoms with van der Waals surface area (Å²) >= 11 is 1.50. The van der Waals surface area contributed by atoms with E-state index in [0.717, 1.165) is 48.4 Å². The number of nitrogens with zero attached hydrogens (tertiary/aromatic N) is 2. The Kier molecular flexibility index (Phi) is 10.0. The number of carbonyl (C=O) groups is 2. The molecule has 1 aromatic carbocycles. The van der Waals surface area contributed by atoms with Gasteiger partial charge < -0.3 is 20.7 Å². The summed E-state index contributed by atoms with van der Waals surface area (Å²) < 4.78 is 36.2. The molecule has 2 saturated carbocycles. The number of hydrogen-bond acceptors (Lipinski definition) is 8. The van der Waals surface area contributed by atoms with Crippen LogP contribution in [-0.4, -0.2) is 47.7 Å². The SMILES string of the molecule is CC(C)NC(=O)OC12CCCC(C1)C(c1ncc(-c3ccc(NC(=O)NCc4ccccn4)cc3S(=O)(=O)NC(C)(C)C)s1)CC2. The largest absolute Gasteiger partial charge is 0.443 e. The maximum atomic E-state index is 13.7. The van der Waals surface area contributed by atoms with E-state index in [4.69, 9.17) is 9.72 Å². The number of alkyl carbamates (subject to hydrolysis) is 1. The molecule has 4 N–H and O–H groups in total. The van der Waals surface area contributed by atoms with Gasteiger partial charge in [-0.15, -0.1) is 11.3 Å².